The molecule has 0 saturated carbocycles. The number of nitrogens with one attached hydrogen (secondary N) is 2. The van der Waals surface area contributed by atoms with Gasteiger partial charge in [0.05, 0.1) is 0 Å². The van der Waals surface area contributed by atoms with Crippen molar-refractivity contribution in [3.05, 3.63) is 68.0 Å². The van der Waals surface area contributed by atoms with E-state index in [9.17, 15) is 14.4 Å². The van der Waals surface area contributed by atoms with Gasteiger partial charge in [-0.25, -0.2) is 4.79 Å². The van der Waals surface area contributed by atoms with Crippen LogP contribution in [-0.4, -0.2) is 21.5 Å². The second kappa shape index (κ2) is 7.09. The molecule has 0 aliphatic rings. The van der Waals surface area contributed by atoms with E-state index in [1.54, 1.807) is 12.1 Å². The number of benzene rings is 1. The van der Waals surface area contributed by atoms with E-state index in [0.717, 1.165) is 10.1 Å². The summed E-state index contributed by atoms with van der Waals surface area (Å²) in [5.41, 5.74) is -0.0378. The SMILES string of the molecule is C[C@H](Cc1ccc(Cl)cc1)NC(=O)Cn1ccc(=O)[nH]c1=O. The predicted molar refractivity (Wildman–Crippen MR) is 84.1 cm³/mol. The largest absolute Gasteiger partial charge is 0.352 e. The summed E-state index contributed by atoms with van der Waals surface area (Å²) in [6, 6.07) is 8.50. The fourth-order valence-electron chi connectivity index (χ4n) is 2.07. The number of nitrogens with zero attached hydrogens (tertiary/aromatic N) is 1. The van der Waals surface area contributed by atoms with Crippen LogP contribution in [0.4, 0.5) is 0 Å². The monoisotopic (exact) mass is 321 g/mol. The van der Waals surface area contributed by atoms with Gasteiger partial charge in [-0.1, -0.05) is 23.7 Å². The summed E-state index contributed by atoms with van der Waals surface area (Å²) in [4.78, 5) is 36.5. The van der Waals surface area contributed by atoms with Crippen molar-refractivity contribution < 1.29 is 4.79 Å². The molecule has 0 fully saturated rings. The second-order valence-corrected chi connectivity index (χ2v) is 5.47. The number of H-pyrrole nitrogens is 1. The van der Waals surface area contributed by atoms with Crippen molar-refractivity contribution in [2.24, 2.45) is 0 Å². The molecule has 0 saturated heterocycles. The minimum Gasteiger partial charge on any atom is -0.352 e. The zero-order valence-corrected chi connectivity index (χ0v) is 12.8. The first-order chi connectivity index (χ1) is 10.4. The third-order valence-corrected chi connectivity index (χ3v) is 3.33. The van der Waals surface area contributed by atoms with Crippen LogP contribution in [-0.2, 0) is 17.8 Å². The van der Waals surface area contributed by atoms with Crippen LogP contribution in [0.5, 0.6) is 0 Å². The maximum absolute atomic E-state index is 11.9. The molecule has 1 aromatic heterocycles. The van der Waals surface area contributed by atoms with Gasteiger partial charge in [-0.05, 0) is 31.0 Å². The summed E-state index contributed by atoms with van der Waals surface area (Å²) < 4.78 is 1.14. The first-order valence-corrected chi connectivity index (χ1v) is 7.15. The molecule has 22 heavy (non-hydrogen) atoms. The van der Waals surface area contributed by atoms with Crippen molar-refractivity contribution in [2.75, 3.05) is 0 Å². The van der Waals surface area contributed by atoms with E-state index < -0.39 is 11.2 Å². The summed E-state index contributed by atoms with van der Waals surface area (Å²) in [5, 5.41) is 3.47. The molecule has 1 heterocycles. The molecule has 0 radical (unpaired) electrons. The number of halogens is 1. The number of carbonyl (C=O) groups excluding carboxylic acids is 1. The number of aromatic amines is 1. The van der Waals surface area contributed by atoms with E-state index in [1.165, 1.54) is 12.3 Å². The summed E-state index contributed by atoms with van der Waals surface area (Å²) >= 11 is 5.82. The Morgan fingerprint density at radius 3 is 2.59 bits per heavy atom. The maximum atomic E-state index is 11.9. The average Bonchev–Trinajstić information content (AvgIpc) is 2.44. The molecule has 116 valence electrons. The Hall–Kier alpha value is -2.34. The molecule has 6 nitrogen and oxygen atoms in total. The van der Waals surface area contributed by atoms with Gasteiger partial charge < -0.3 is 5.32 Å². The number of rotatable bonds is 5. The van der Waals surface area contributed by atoms with Gasteiger partial charge in [0.1, 0.15) is 6.54 Å². The zero-order chi connectivity index (χ0) is 16.1. The molecule has 2 aromatic rings. The fraction of sp³-hybridized carbons (Fsp3) is 0.267. The minimum absolute atomic E-state index is 0.0906. The number of carbonyl (C=O) groups is 1. The quantitative estimate of drug-likeness (QED) is 0.859. The first kappa shape index (κ1) is 16.0. The third-order valence-electron chi connectivity index (χ3n) is 3.07. The summed E-state index contributed by atoms with van der Waals surface area (Å²) in [7, 11) is 0. The Kier molecular flexibility index (Phi) is 5.16. The van der Waals surface area contributed by atoms with Crippen molar-refractivity contribution in [3.8, 4) is 0 Å². The predicted octanol–water partition coefficient (Wildman–Crippen LogP) is 0.937. The number of amides is 1. The number of hydrogen-bond donors (Lipinski definition) is 2. The van der Waals surface area contributed by atoms with Gasteiger partial charge >= 0.3 is 5.69 Å². The molecule has 1 aromatic carbocycles. The lowest BCUT2D eigenvalue weighted by atomic mass is 10.1. The number of aromatic nitrogens is 2. The average molecular weight is 322 g/mol. The Bertz CT molecular complexity index is 765. The molecule has 0 bridgehead atoms. The normalized spacial score (nSPS) is 11.9. The third kappa shape index (κ3) is 4.60. The highest BCUT2D eigenvalue weighted by atomic mass is 35.5. The zero-order valence-electron chi connectivity index (χ0n) is 12.0. The standard InChI is InChI=1S/C15H16ClN3O3/c1-10(8-11-2-4-12(16)5-3-11)17-14(21)9-19-7-6-13(20)18-15(19)22/h2-7,10H,8-9H2,1H3,(H,17,21)(H,18,20,22)/t10-/m1/s1. The lowest BCUT2D eigenvalue weighted by Crippen LogP contribution is -2.39. The lowest BCUT2D eigenvalue weighted by molar-refractivity contribution is -0.122. The van der Waals surface area contributed by atoms with Gasteiger partial charge in [0.15, 0.2) is 0 Å². The van der Waals surface area contributed by atoms with Crippen LogP contribution in [0.25, 0.3) is 0 Å². The molecular weight excluding hydrogens is 306 g/mol. The van der Waals surface area contributed by atoms with Crippen molar-refractivity contribution in [1.29, 1.82) is 0 Å². The van der Waals surface area contributed by atoms with Crippen LogP contribution in [0.15, 0.2) is 46.1 Å². The van der Waals surface area contributed by atoms with Crippen LogP contribution >= 0.6 is 11.6 Å². The van der Waals surface area contributed by atoms with Crippen LogP contribution in [0.2, 0.25) is 5.02 Å². The molecule has 0 unspecified atom stereocenters. The van der Waals surface area contributed by atoms with Gasteiger partial charge in [0.25, 0.3) is 5.56 Å². The minimum atomic E-state index is -0.604. The summed E-state index contributed by atoms with van der Waals surface area (Å²) in [5.74, 6) is -0.296. The molecule has 1 amide bonds. The highest BCUT2D eigenvalue weighted by Crippen LogP contribution is 2.10. The molecule has 1 atom stereocenters. The van der Waals surface area contributed by atoms with Crippen molar-refractivity contribution in [2.45, 2.75) is 25.9 Å². The Morgan fingerprint density at radius 2 is 1.95 bits per heavy atom. The fourth-order valence-corrected chi connectivity index (χ4v) is 2.19. The van der Waals surface area contributed by atoms with E-state index in [4.69, 9.17) is 11.6 Å². The smallest absolute Gasteiger partial charge is 0.328 e. The molecule has 0 spiro atoms. The topological polar surface area (TPSA) is 84.0 Å². The van der Waals surface area contributed by atoms with E-state index in [1.807, 2.05) is 19.1 Å². The maximum Gasteiger partial charge on any atom is 0.328 e. The number of hydrogen-bond acceptors (Lipinski definition) is 3. The Labute approximate surface area is 131 Å². The van der Waals surface area contributed by atoms with Crippen LogP contribution in [0.3, 0.4) is 0 Å². The van der Waals surface area contributed by atoms with E-state index in [-0.39, 0.29) is 18.5 Å². The highest BCUT2D eigenvalue weighted by Gasteiger charge is 2.09. The molecule has 0 aliphatic carbocycles. The Balaban J connectivity index is 1.92. The molecule has 7 heteroatoms. The molecule has 2 rings (SSSR count). The van der Waals surface area contributed by atoms with Gasteiger partial charge in [0.2, 0.25) is 5.91 Å². The lowest BCUT2D eigenvalue weighted by Gasteiger charge is -2.14. The summed E-state index contributed by atoms with van der Waals surface area (Å²) in [6.07, 6.45) is 1.95. The first-order valence-electron chi connectivity index (χ1n) is 6.77. The molecule has 2 N–H and O–H groups in total. The van der Waals surface area contributed by atoms with Crippen molar-refractivity contribution in [1.82, 2.24) is 14.9 Å². The van der Waals surface area contributed by atoms with Crippen LogP contribution in [0.1, 0.15) is 12.5 Å². The van der Waals surface area contributed by atoms with Crippen molar-refractivity contribution >= 4 is 17.5 Å². The van der Waals surface area contributed by atoms with Crippen LogP contribution < -0.4 is 16.6 Å². The second-order valence-electron chi connectivity index (χ2n) is 5.04. The Morgan fingerprint density at radius 1 is 1.27 bits per heavy atom. The van der Waals surface area contributed by atoms with E-state index >= 15 is 0 Å². The van der Waals surface area contributed by atoms with E-state index in [2.05, 4.69) is 10.3 Å². The van der Waals surface area contributed by atoms with Gasteiger partial charge in [0, 0.05) is 23.3 Å². The summed E-state index contributed by atoms with van der Waals surface area (Å²) in [6.45, 7) is 1.74. The van der Waals surface area contributed by atoms with Crippen LogP contribution in [0, 0.1) is 0 Å². The molecular formula is C15H16ClN3O3. The van der Waals surface area contributed by atoms with Gasteiger partial charge in [-0.2, -0.15) is 0 Å². The van der Waals surface area contributed by atoms with Crippen molar-refractivity contribution in [3.63, 3.8) is 0 Å². The van der Waals surface area contributed by atoms with Gasteiger partial charge in [-0.3, -0.25) is 19.1 Å². The molecule has 0 aliphatic heterocycles. The highest BCUT2D eigenvalue weighted by molar-refractivity contribution is 6.30. The van der Waals surface area contributed by atoms with Gasteiger partial charge in [-0.15, -0.1) is 0 Å². The van der Waals surface area contributed by atoms with E-state index in [0.29, 0.717) is 11.4 Å².